The van der Waals surface area contributed by atoms with Gasteiger partial charge in [0.05, 0.1) is 31.6 Å². The van der Waals surface area contributed by atoms with Crippen LogP contribution < -0.4 is 25.0 Å². The molecule has 1 aromatic heterocycles. The molecule has 43 heavy (non-hydrogen) atoms. The van der Waals surface area contributed by atoms with Gasteiger partial charge < -0.3 is 24.3 Å². The van der Waals surface area contributed by atoms with Crippen molar-refractivity contribution in [1.29, 1.82) is 0 Å². The Morgan fingerprint density at radius 3 is 2.44 bits per heavy atom. The number of hydrazone groups is 1. The first kappa shape index (κ1) is 31.6. The summed E-state index contributed by atoms with van der Waals surface area (Å²) in [7, 11) is 1.56. The van der Waals surface area contributed by atoms with Crippen molar-refractivity contribution in [2.75, 3.05) is 19.0 Å². The molecule has 2 amide bonds. The number of thiophene rings is 1. The molecule has 0 bridgehead atoms. The average Bonchev–Trinajstić information content (AvgIpc) is 3.35. The van der Waals surface area contributed by atoms with E-state index in [9.17, 15) is 14.4 Å². The van der Waals surface area contributed by atoms with Crippen LogP contribution in [0.4, 0.5) is 5.00 Å². The molecule has 0 aliphatic heterocycles. The highest BCUT2D eigenvalue weighted by atomic mass is 32.1. The number of amides is 2. The van der Waals surface area contributed by atoms with Crippen LogP contribution in [0.2, 0.25) is 0 Å². The number of nitrogens with zero attached hydrogens (tertiary/aromatic N) is 1. The molecule has 4 rings (SSSR count). The highest BCUT2D eigenvalue weighted by Gasteiger charge is 2.27. The number of carbonyl (C=O) groups excluding carboxylic acids is 3. The van der Waals surface area contributed by atoms with Crippen LogP contribution in [0.1, 0.15) is 77.3 Å². The van der Waals surface area contributed by atoms with Gasteiger partial charge in [-0.1, -0.05) is 0 Å². The Hall–Kier alpha value is -4.38. The highest BCUT2D eigenvalue weighted by molar-refractivity contribution is 7.17. The highest BCUT2D eigenvalue weighted by Crippen LogP contribution is 2.39. The summed E-state index contributed by atoms with van der Waals surface area (Å²) in [6.07, 6.45) is 4.41. The predicted octanol–water partition coefficient (Wildman–Crippen LogP) is 5.77. The Morgan fingerprint density at radius 2 is 1.74 bits per heavy atom. The number of benzene rings is 2. The van der Waals surface area contributed by atoms with Gasteiger partial charge in [-0.15, -0.1) is 11.3 Å². The molecule has 1 aliphatic carbocycles. The van der Waals surface area contributed by atoms with E-state index in [0.29, 0.717) is 38.9 Å². The lowest BCUT2D eigenvalue weighted by molar-refractivity contribution is -0.127. The van der Waals surface area contributed by atoms with Gasteiger partial charge in [-0.3, -0.25) is 9.59 Å². The molecule has 1 heterocycles. The van der Waals surface area contributed by atoms with Gasteiger partial charge in [-0.05, 0) is 107 Å². The van der Waals surface area contributed by atoms with Gasteiger partial charge >= 0.3 is 5.97 Å². The van der Waals surface area contributed by atoms with E-state index in [0.717, 1.165) is 36.1 Å². The molecule has 0 spiro atoms. The number of nitrogens with one attached hydrogen (secondary N) is 2. The summed E-state index contributed by atoms with van der Waals surface area (Å²) in [6, 6.07) is 11.8. The maximum atomic E-state index is 13.1. The molecule has 0 saturated carbocycles. The molecular weight excluding hydrogens is 570 g/mol. The third-order valence-corrected chi connectivity index (χ3v) is 7.82. The van der Waals surface area contributed by atoms with Crippen LogP contribution >= 0.6 is 11.3 Å². The van der Waals surface area contributed by atoms with Crippen molar-refractivity contribution in [3.05, 3.63) is 69.6 Å². The number of aryl methyl sites for hydroxylation is 1. The predicted molar refractivity (Wildman–Crippen MR) is 166 cm³/mol. The summed E-state index contributed by atoms with van der Waals surface area (Å²) >= 11 is 1.44. The van der Waals surface area contributed by atoms with E-state index in [2.05, 4.69) is 15.8 Å². The molecule has 1 aliphatic rings. The monoisotopic (exact) mass is 607 g/mol. The number of carbonyl (C=O) groups is 3. The van der Waals surface area contributed by atoms with Gasteiger partial charge in [0.1, 0.15) is 10.8 Å². The number of anilines is 1. The van der Waals surface area contributed by atoms with Crippen molar-refractivity contribution in [2.24, 2.45) is 5.10 Å². The first-order valence-electron chi connectivity index (χ1n) is 14.3. The third-order valence-electron chi connectivity index (χ3n) is 6.62. The minimum absolute atomic E-state index is 0.00463. The molecule has 228 valence electrons. The molecule has 0 saturated heterocycles. The number of methoxy groups -OCH3 is 1. The fraction of sp³-hybridized carbons (Fsp3) is 0.375. The number of ether oxygens (including phenoxy) is 4. The zero-order valence-electron chi connectivity index (χ0n) is 25.0. The maximum absolute atomic E-state index is 13.1. The van der Waals surface area contributed by atoms with Crippen LogP contribution in [0.15, 0.2) is 47.6 Å². The molecular formula is C32H37N3O7S. The molecule has 0 fully saturated rings. The van der Waals surface area contributed by atoms with Gasteiger partial charge in [-0.25, -0.2) is 10.2 Å². The maximum Gasteiger partial charge on any atom is 0.341 e. The Balaban J connectivity index is 1.34. The summed E-state index contributed by atoms with van der Waals surface area (Å²) in [5, 5.41) is 7.43. The van der Waals surface area contributed by atoms with Crippen LogP contribution in [0, 0.1) is 0 Å². The minimum atomic E-state index is -0.849. The van der Waals surface area contributed by atoms with Gasteiger partial charge in [-0.2, -0.15) is 5.10 Å². The number of hydrogen-bond acceptors (Lipinski definition) is 9. The van der Waals surface area contributed by atoms with Gasteiger partial charge in [0.2, 0.25) is 0 Å². The molecule has 2 aromatic carbocycles. The SMILES string of the molecule is CCOC(=O)c1c(NC(=O)c2ccc(O[C@@H](C)C(=O)N/N=C\c3ccc(OC(C)C)c(OC)c3)cc2)sc2c1CCCC2. The molecule has 0 unspecified atom stereocenters. The van der Waals surface area contributed by atoms with Crippen molar-refractivity contribution in [2.45, 2.75) is 65.6 Å². The third kappa shape index (κ3) is 8.13. The normalized spacial score (nSPS) is 13.3. The average molecular weight is 608 g/mol. The zero-order chi connectivity index (χ0) is 30.9. The Morgan fingerprint density at radius 1 is 1.00 bits per heavy atom. The lowest BCUT2D eigenvalue weighted by atomic mass is 9.95. The molecule has 0 radical (unpaired) electrons. The number of rotatable bonds is 12. The van der Waals surface area contributed by atoms with Gasteiger partial charge in [0.25, 0.3) is 11.8 Å². The molecule has 2 N–H and O–H groups in total. The van der Waals surface area contributed by atoms with Crippen molar-refractivity contribution in [3.8, 4) is 17.2 Å². The van der Waals surface area contributed by atoms with Gasteiger partial charge in [0.15, 0.2) is 17.6 Å². The molecule has 3 aromatic rings. The van der Waals surface area contributed by atoms with E-state index < -0.39 is 18.0 Å². The van der Waals surface area contributed by atoms with Crippen molar-refractivity contribution in [3.63, 3.8) is 0 Å². The second kappa shape index (κ2) is 14.7. The van der Waals surface area contributed by atoms with Crippen LogP contribution in [0.3, 0.4) is 0 Å². The Kier molecular flexibility index (Phi) is 10.8. The quantitative estimate of drug-likeness (QED) is 0.152. The molecule has 10 nitrogen and oxygen atoms in total. The fourth-order valence-corrected chi connectivity index (χ4v) is 5.84. The number of esters is 1. The lowest BCUT2D eigenvalue weighted by Crippen LogP contribution is -2.33. The van der Waals surface area contributed by atoms with Crippen LogP contribution in [-0.4, -0.2) is 49.9 Å². The largest absolute Gasteiger partial charge is 0.493 e. The minimum Gasteiger partial charge on any atom is -0.493 e. The first-order valence-corrected chi connectivity index (χ1v) is 15.1. The van der Waals surface area contributed by atoms with Crippen molar-refractivity contribution in [1.82, 2.24) is 5.43 Å². The summed E-state index contributed by atoms with van der Waals surface area (Å²) in [6.45, 7) is 7.48. The fourth-order valence-electron chi connectivity index (χ4n) is 4.57. The smallest absolute Gasteiger partial charge is 0.341 e. The summed E-state index contributed by atoms with van der Waals surface area (Å²) < 4.78 is 22.1. The van der Waals surface area contributed by atoms with E-state index in [1.807, 2.05) is 13.8 Å². The standard InChI is InChI=1S/C32H37N3O7S/c1-6-40-32(38)28-24-9-7-8-10-27(24)43-31(28)34-30(37)22-12-14-23(15-13-22)42-20(4)29(36)35-33-18-21-11-16-25(41-19(2)3)26(17-21)39-5/h11-20H,6-10H2,1-5H3,(H,34,37)(H,35,36)/b33-18-/t20-/m0/s1. The van der Waals surface area contributed by atoms with Crippen molar-refractivity contribution < 1.29 is 33.3 Å². The second-order valence-corrected chi connectivity index (χ2v) is 11.3. The summed E-state index contributed by atoms with van der Waals surface area (Å²) in [4.78, 5) is 39.4. The number of fused-ring (bicyclic) bond motifs is 1. The Bertz CT molecular complexity index is 1480. The van der Waals surface area contributed by atoms with Crippen LogP contribution in [-0.2, 0) is 22.4 Å². The van der Waals surface area contributed by atoms with Crippen molar-refractivity contribution >= 4 is 40.3 Å². The molecule has 1 atom stereocenters. The van der Waals surface area contributed by atoms with Gasteiger partial charge in [0, 0.05) is 10.4 Å². The lowest BCUT2D eigenvalue weighted by Gasteiger charge is -2.14. The summed E-state index contributed by atoms with van der Waals surface area (Å²) in [5.41, 5.74) is 5.02. The van der Waals surface area contributed by atoms with E-state index in [1.54, 1.807) is 63.4 Å². The van der Waals surface area contributed by atoms with E-state index in [-0.39, 0.29) is 18.6 Å². The number of hydrogen-bond donors (Lipinski definition) is 2. The van der Waals surface area contributed by atoms with E-state index in [1.165, 1.54) is 17.6 Å². The molecule has 11 heteroatoms. The van der Waals surface area contributed by atoms with Crippen LogP contribution in [0.25, 0.3) is 0 Å². The second-order valence-electron chi connectivity index (χ2n) is 10.2. The zero-order valence-corrected chi connectivity index (χ0v) is 25.8. The first-order chi connectivity index (χ1) is 20.7. The van der Waals surface area contributed by atoms with E-state index >= 15 is 0 Å². The topological polar surface area (TPSA) is 125 Å². The Labute approximate surface area is 255 Å². The van der Waals surface area contributed by atoms with Crippen LogP contribution in [0.5, 0.6) is 17.2 Å². The summed E-state index contributed by atoms with van der Waals surface area (Å²) in [5.74, 6) is 0.385. The van der Waals surface area contributed by atoms with E-state index in [4.69, 9.17) is 18.9 Å².